The lowest BCUT2D eigenvalue weighted by molar-refractivity contribution is -0.142. The third-order valence-electron chi connectivity index (χ3n) is 4.01. The summed E-state index contributed by atoms with van der Waals surface area (Å²) in [5.74, 6) is -2.09. The Labute approximate surface area is 161 Å². The van der Waals surface area contributed by atoms with Gasteiger partial charge in [-0.2, -0.15) is 0 Å². The van der Waals surface area contributed by atoms with Crippen LogP contribution in [-0.2, 0) is 14.3 Å². The molecule has 2 N–H and O–H groups in total. The normalized spacial score (nSPS) is 13.2. The van der Waals surface area contributed by atoms with Crippen LogP contribution in [0.5, 0.6) is 0 Å². The van der Waals surface area contributed by atoms with Crippen LogP contribution < -0.4 is 10.6 Å². The Balaban J connectivity index is 1.52. The number of hydrogen-bond acceptors (Lipinski definition) is 4. The fourth-order valence-corrected chi connectivity index (χ4v) is 2.42. The van der Waals surface area contributed by atoms with Crippen molar-refractivity contribution in [2.75, 3.05) is 11.9 Å². The summed E-state index contributed by atoms with van der Waals surface area (Å²) in [6, 6.07) is 12.7. The van der Waals surface area contributed by atoms with Crippen LogP contribution in [0.15, 0.2) is 54.6 Å². The number of carbonyl (C=O) groups excluding carboxylic acids is 3. The van der Waals surface area contributed by atoms with E-state index < -0.39 is 24.3 Å². The quantitative estimate of drug-likeness (QED) is 0.570. The first-order valence-corrected chi connectivity index (χ1v) is 8.82. The summed E-state index contributed by atoms with van der Waals surface area (Å²) in [7, 11) is 0. The molecule has 2 aromatic carbocycles. The highest BCUT2D eigenvalue weighted by Crippen LogP contribution is 2.21. The second-order valence-corrected chi connectivity index (χ2v) is 6.30. The monoisotopic (exact) mass is 382 g/mol. The number of hydrogen-bond donors (Lipinski definition) is 2. The predicted molar refractivity (Wildman–Crippen MR) is 102 cm³/mol. The van der Waals surface area contributed by atoms with Crippen LogP contribution in [0, 0.1) is 5.82 Å². The number of ether oxygens (including phenoxy) is 1. The summed E-state index contributed by atoms with van der Waals surface area (Å²) in [5, 5.41) is 5.42. The van der Waals surface area contributed by atoms with Crippen molar-refractivity contribution in [3.63, 3.8) is 0 Å². The third-order valence-corrected chi connectivity index (χ3v) is 4.01. The Morgan fingerprint density at radius 3 is 2.54 bits per heavy atom. The van der Waals surface area contributed by atoms with Crippen LogP contribution in [0.4, 0.5) is 10.1 Å². The maximum Gasteiger partial charge on any atom is 0.331 e. The molecule has 1 saturated carbocycles. The van der Waals surface area contributed by atoms with Gasteiger partial charge >= 0.3 is 5.97 Å². The van der Waals surface area contributed by atoms with Gasteiger partial charge in [-0.1, -0.05) is 30.3 Å². The highest BCUT2D eigenvalue weighted by molar-refractivity contribution is 6.04. The molecule has 0 spiro atoms. The molecule has 0 atom stereocenters. The zero-order chi connectivity index (χ0) is 19.9. The highest BCUT2D eigenvalue weighted by atomic mass is 19.1. The Kier molecular flexibility index (Phi) is 6.16. The zero-order valence-electron chi connectivity index (χ0n) is 15.0. The molecule has 3 rings (SSSR count). The lowest BCUT2D eigenvalue weighted by Crippen LogP contribution is -2.27. The van der Waals surface area contributed by atoms with Crippen LogP contribution in [-0.4, -0.2) is 30.4 Å². The molecule has 0 unspecified atom stereocenters. The molecule has 0 radical (unpaired) electrons. The predicted octanol–water partition coefficient (Wildman–Crippen LogP) is 2.91. The van der Waals surface area contributed by atoms with Crippen molar-refractivity contribution in [3.8, 4) is 0 Å². The number of halogens is 1. The maximum atomic E-state index is 13.5. The Hall–Kier alpha value is -3.48. The smallest absolute Gasteiger partial charge is 0.331 e. The fourth-order valence-electron chi connectivity index (χ4n) is 2.42. The molecule has 2 aromatic rings. The number of benzene rings is 2. The number of anilines is 1. The molecule has 1 fully saturated rings. The van der Waals surface area contributed by atoms with Gasteiger partial charge in [0.25, 0.3) is 11.8 Å². The summed E-state index contributed by atoms with van der Waals surface area (Å²) < 4.78 is 18.3. The number of carbonyl (C=O) groups is 3. The van der Waals surface area contributed by atoms with Crippen molar-refractivity contribution < 1.29 is 23.5 Å². The van der Waals surface area contributed by atoms with Gasteiger partial charge in [-0.05, 0) is 37.1 Å². The summed E-state index contributed by atoms with van der Waals surface area (Å²) >= 11 is 0. The average Bonchev–Trinajstić information content (AvgIpc) is 3.50. The number of para-hydroxylation sites is 1. The van der Waals surface area contributed by atoms with Crippen LogP contribution in [0.3, 0.4) is 0 Å². The van der Waals surface area contributed by atoms with Crippen molar-refractivity contribution >= 4 is 29.5 Å². The van der Waals surface area contributed by atoms with Gasteiger partial charge in [-0.15, -0.1) is 0 Å². The molecular formula is C21H19FN2O4. The second-order valence-electron chi connectivity index (χ2n) is 6.30. The lowest BCUT2D eigenvalue weighted by Gasteiger charge is -2.11. The zero-order valence-corrected chi connectivity index (χ0v) is 15.0. The molecule has 28 heavy (non-hydrogen) atoms. The maximum absolute atomic E-state index is 13.5. The average molecular weight is 382 g/mol. The van der Waals surface area contributed by atoms with Gasteiger partial charge in [0.05, 0.1) is 11.3 Å². The van der Waals surface area contributed by atoms with Gasteiger partial charge in [0.1, 0.15) is 5.82 Å². The van der Waals surface area contributed by atoms with Gasteiger partial charge < -0.3 is 15.4 Å². The van der Waals surface area contributed by atoms with E-state index in [9.17, 15) is 18.8 Å². The standard InChI is InChI=1S/C21H19FN2O4/c22-17-7-3-1-5-14(17)9-12-20(26)28-13-19(25)24-18-8-4-2-6-16(18)21(27)23-15-10-11-15/h1-9,12,15H,10-11,13H2,(H,23,27)(H,24,25)/b12-9+. The van der Waals surface area contributed by atoms with E-state index in [4.69, 9.17) is 4.74 Å². The topological polar surface area (TPSA) is 84.5 Å². The minimum atomic E-state index is -0.779. The van der Waals surface area contributed by atoms with E-state index >= 15 is 0 Å². The second kappa shape index (κ2) is 8.94. The fraction of sp³-hybridized carbons (Fsp3) is 0.190. The number of nitrogens with one attached hydrogen (secondary N) is 2. The van der Waals surface area contributed by atoms with Crippen LogP contribution >= 0.6 is 0 Å². The summed E-state index contributed by atoms with van der Waals surface area (Å²) in [4.78, 5) is 36.0. The number of rotatable bonds is 7. The summed E-state index contributed by atoms with van der Waals surface area (Å²) in [6.45, 7) is -0.529. The molecule has 0 heterocycles. The first-order chi connectivity index (χ1) is 13.5. The van der Waals surface area contributed by atoms with Gasteiger partial charge in [-0.3, -0.25) is 9.59 Å². The van der Waals surface area contributed by atoms with Crippen molar-refractivity contribution in [3.05, 3.63) is 71.6 Å². The van der Waals surface area contributed by atoms with Gasteiger partial charge in [-0.25, -0.2) is 9.18 Å². The van der Waals surface area contributed by atoms with Gasteiger partial charge in [0.15, 0.2) is 6.61 Å². The third kappa shape index (κ3) is 5.51. The molecule has 1 aliphatic carbocycles. The SMILES string of the molecule is O=C(COC(=O)/C=C/c1ccccc1F)Nc1ccccc1C(=O)NC1CC1. The minimum absolute atomic E-state index is 0.193. The van der Waals surface area contributed by atoms with Crippen molar-refractivity contribution in [1.29, 1.82) is 0 Å². The van der Waals surface area contributed by atoms with Crippen LogP contribution in [0.25, 0.3) is 6.08 Å². The van der Waals surface area contributed by atoms with Gasteiger partial charge in [0.2, 0.25) is 0 Å². The molecule has 0 bridgehead atoms. The first-order valence-electron chi connectivity index (χ1n) is 8.82. The van der Waals surface area contributed by atoms with E-state index in [1.54, 1.807) is 30.3 Å². The van der Waals surface area contributed by atoms with Crippen molar-refractivity contribution in [1.82, 2.24) is 5.32 Å². The minimum Gasteiger partial charge on any atom is -0.452 e. The molecule has 6 nitrogen and oxygen atoms in total. The highest BCUT2D eigenvalue weighted by Gasteiger charge is 2.25. The molecule has 0 saturated heterocycles. The Morgan fingerprint density at radius 1 is 1.07 bits per heavy atom. The van der Waals surface area contributed by atoms with Gasteiger partial charge in [0, 0.05) is 17.7 Å². The first kappa shape index (κ1) is 19.3. The van der Waals surface area contributed by atoms with E-state index in [0.29, 0.717) is 11.3 Å². The number of esters is 1. The van der Waals surface area contributed by atoms with E-state index in [-0.39, 0.29) is 17.5 Å². The molecule has 0 aliphatic heterocycles. The van der Waals surface area contributed by atoms with E-state index in [2.05, 4.69) is 10.6 Å². The molecule has 7 heteroatoms. The molecule has 144 valence electrons. The van der Waals surface area contributed by atoms with Crippen LogP contribution in [0.1, 0.15) is 28.8 Å². The molecule has 0 aromatic heterocycles. The summed E-state index contributed by atoms with van der Waals surface area (Å²) in [6.07, 6.45) is 4.23. The molecular weight excluding hydrogens is 363 g/mol. The van der Waals surface area contributed by atoms with Crippen molar-refractivity contribution in [2.24, 2.45) is 0 Å². The van der Waals surface area contributed by atoms with Crippen molar-refractivity contribution in [2.45, 2.75) is 18.9 Å². The van der Waals surface area contributed by atoms with E-state index in [1.807, 2.05) is 0 Å². The van der Waals surface area contributed by atoms with E-state index in [0.717, 1.165) is 18.9 Å². The Morgan fingerprint density at radius 2 is 1.79 bits per heavy atom. The molecule has 1 aliphatic rings. The lowest BCUT2D eigenvalue weighted by atomic mass is 10.1. The molecule has 2 amide bonds. The number of amides is 2. The van der Waals surface area contributed by atoms with E-state index in [1.165, 1.54) is 24.3 Å². The van der Waals surface area contributed by atoms with Crippen LogP contribution in [0.2, 0.25) is 0 Å². The summed E-state index contributed by atoms with van der Waals surface area (Å²) in [5.41, 5.74) is 0.914. The Bertz CT molecular complexity index is 922. The largest absolute Gasteiger partial charge is 0.452 e.